The minimum Gasteiger partial charge on any atom is -0.308 e. The maximum absolute atomic E-state index is 13.2. The molecule has 126 valence electrons. The van der Waals surface area contributed by atoms with Crippen LogP contribution in [0, 0.1) is 0 Å². The van der Waals surface area contributed by atoms with Crippen LogP contribution in [0.1, 0.15) is 37.2 Å². The molecular weight excluding hydrogens is 312 g/mol. The highest BCUT2D eigenvalue weighted by molar-refractivity contribution is 6.13. The van der Waals surface area contributed by atoms with Crippen molar-refractivity contribution in [1.82, 2.24) is 15.0 Å². The SMILES string of the molecule is CCN1C(=O)c2ccccc2-c2nnn(C(C)C)c2-c2ccccc21. The number of carbonyl (C=O) groups excluding carboxylic acids is 1. The predicted molar refractivity (Wildman–Crippen MR) is 98.6 cm³/mol. The van der Waals surface area contributed by atoms with Gasteiger partial charge in [0.15, 0.2) is 0 Å². The van der Waals surface area contributed by atoms with Crippen LogP contribution in [-0.4, -0.2) is 27.4 Å². The lowest BCUT2D eigenvalue weighted by Crippen LogP contribution is -2.32. The van der Waals surface area contributed by atoms with Crippen molar-refractivity contribution in [3.8, 4) is 22.5 Å². The lowest BCUT2D eigenvalue weighted by Gasteiger charge is -2.27. The number of hydrogen-bond donors (Lipinski definition) is 0. The van der Waals surface area contributed by atoms with Crippen molar-refractivity contribution < 1.29 is 4.79 Å². The average Bonchev–Trinajstić information content (AvgIpc) is 3.06. The van der Waals surface area contributed by atoms with Crippen molar-refractivity contribution in [2.24, 2.45) is 0 Å². The maximum Gasteiger partial charge on any atom is 0.258 e. The Morgan fingerprint density at radius 2 is 1.60 bits per heavy atom. The predicted octanol–water partition coefficient (Wildman–Crippen LogP) is 4.17. The maximum atomic E-state index is 13.2. The summed E-state index contributed by atoms with van der Waals surface area (Å²) in [6.07, 6.45) is 0. The number of aromatic nitrogens is 3. The van der Waals surface area contributed by atoms with Crippen molar-refractivity contribution in [3.63, 3.8) is 0 Å². The van der Waals surface area contributed by atoms with Gasteiger partial charge in [0.25, 0.3) is 5.91 Å². The average molecular weight is 332 g/mol. The molecule has 3 aromatic rings. The molecule has 0 N–H and O–H groups in total. The van der Waals surface area contributed by atoms with Gasteiger partial charge in [-0.05, 0) is 32.9 Å². The molecule has 0 unspecified atom stereocenters. The van der Waals surface area contributed by atoms with Crippen LogP contribution in [0.3, 0.4) is 0 Å². The molecule has 2 heterocycles. The molecule has 0 fully saturated rings. The second-order valence-corrected chi connectivity index (χ2v) is 6.44. The van der Waals surface area contributed by atoms with Crippen molar-refractivity contribution in [2.75, 3.05) is 11.4 Å². The third-order valence-electron chi connectivity index (χ3n) is 4.61. The highest BCUT2D eigenvalue weighted by Crippen LogP contribution is 2.41. The van der Waals surface area contributed by atoms with E-state index in [0.717, 1.165) is 28.2 Å². The zero-order valence-electron chi connectivity index (χ0n) is 14.6. The first-order valence-electron chi connectivity index (χ1n) is 8.59. The van der Waals surface area contributed by atoms with Crippen LogP contribution in [0.2, 0.25) is 0 Å². The van der Waals surface area contributed by atoms with Crippen LogP contribution in [0.25, 0.3) is 22.5 Å². The summed E-state index contributed by atoms with van der Waals surface area (Å²) in [5.74, 6) is -0.00435. The second-order valence-electron chi connectivity index (χ2n) is 6.44. The van der Waals surface area contributed by atoms with Crippen molar-refractivity contribution in [3.05, 3.63) is 54.1 Å². The molecule has 1 amide bonds. The van der Waals surface area contributed by atoms with E-state index >= 15 is 0 Å². The fourth-order valence-corrected chi connectivity index (χ4v) is 3.44. The van der Waals surface area contributed by atoms with Gasteiger partial charge in [0, 0.05) is 29.3 Å². The van der Waals surface area contributed by atoms with Gasteiger partial charge in [-0.15, -0.1) is 5.10 Å². The van der Waals surface area contributed by atoms with Gasteiger partial charge in [-0.3, -0.25) is 4.79 Å². The number of hydrogen-bond acceptors (Lipinski definition) is 3. The first kappa shape index (κ1) is 15.6. The fraction of sp³-hybridized carbons (Fsp3) is 0.250. The Morgan fingerprint density at radius 3 is 2.28 bits per heavy atom. The van der Waals surface area contributed by atoms with Crippen LogP contribution in [0.4, 0.5) is 5.69 Å². The molecule has 1 aliphatic heterocycles. The van der Waals surface area contributed by atoms with E-state index in [9.17, 15) is 4.79 Å². The van der Waals surface area contributed by atoms with Gasteiger partial charge >= 0.3 is 0 Å². The van der Waals surface area contributed by atoms with Gasteiger partial charge in [0.05, 0.1) is 11.4 Å². The zero-order chi connectivity index (χ0) is 17.6. The molecule has 25 heavy (non-hydrogen) atoms. The largest absolute Gasteiger partial charge is 0.308 e. The van der Waals surface area contributed by atoms with Gasteiger partial charge in [0.1, 0.15) is 5.69 Å². The molecule has 5 nitrogen and oxygen atoms in total. The van der Waals surface area contributed by atoms with Crippen LogP contribution >= 0.6 is 0 Å². The van der Waals surface area contributed by atoms with E-state index in [2.05, 4.69) is 24.2 Å². The molecule has 0 radical (unpaired) electrons. The first-order valence-corrected chi connectivity index (χ1v) is 8.59. The van der Waals surface area contributed by atoms with Crippen molar-refractivity contribution >= 4 is 11.6 Å². The molecule has 1 aromatic heterocycles. The van der Waals surface area contributed by atoms with Gasteiger partial charge in [-0.25, -0.2) is 4.68 Å². The number of anilines is 1. The Hall–Kier alpha value is -2.95. The van der Waals surface area contributed by atoms with E-state index in [0.29, 0.717) is 12.1 Å². The minimum atomic E-state index is -0.00435. The standard InChI is InChI=1S/C20H20N4O/c1-4-23-17-12-8-7-11-16(17)19-18(21-22-24(19)13(2)3)14-9-5-6-10-15(14)20(23)25/h5-13H,4H2,1-3H3. The minimum absolute atomic E-state index is 0.00435. The topological polar surface area (TPSA) is 51.0 Å². The summed E-state index contributed by atoms with van der Waals surface area (Å²) in [5.41, 5.74) is 5.11. The van der Waals surface area contributed by atoms with E-state index in [1.165, 1.54) is 0 Å². The second kappa shape index (κ2) is 5.84. The normalized spacial score (nSPS) is 13.1. The molecule has 2 aromatic carbocycles. The smallest absolute Gasteiger partial charge is 0.258 e. The summed E-state index contributed by atoms with van der Waals surface area (Å²) in [4.78, 5) is 15.0. The molecule has 0 saturated heterocycles. The Labute approximate surface area is 146 Å². The summed E-state index contributed by atoms with van der Waals surface area (Å²) >= 11 is 0. The van der Waals surface area contributed by atoms with Gasteiger partial charge in [0.2, 0.25) is 0 Å². The molecule has 4 rings (SSSR count). The van der Waals surface area contributed by atoms with E-state index in [4.69, 9.17) is 0 Å². The van der Waals surface area contributed by atoms with E-state index in [1.54, 1.807) is 0 Å². The van der Waals surface area contributed by atoms with Crippen LogP contribution in [0.15, 0.2) is 48.5 Å². The van der Waals surface area contributed by atoms with E-state index < -0.39 is 0 Å². The summed E-state index contributed by atoms with van der Waals surface area (Å²) < 4.78 is 1.94. The third-order valence-corrected chi connectivity index (χ3v) is 4.61. The third kappa shape index (κ3) is 2.27. The van der Waals surface area contributed by atoms with Gasteiger partial charge in [-0.2, -0.15) is 0 Å². The Balaban J connectivity index is 2.15. The quantitative estimate of drug-likeness (QED) is 0.707. The number of benzene rings is 2. The number of rotatable bonds is 2. The summed E-state index contributed by atoms with van der Waals surface area (Å²) in [5, 5.41) is 8.84. The first-order chi connectivity index (χ1) is 12.1. The summed E-state index contributed by atoms with van der Waals surface area (Å²) in [7, 11) is 0. The number of para-hydroxylation sites is 1. The molecule has 0 saturated carbocycles. The molecule has 0 aliphatic carbocycles. The molecule has 1 aliphatic rings. The van der Waals surface area contributed by atoms with Crippen LogP contribution in [0.5, 0.6) is 0 Å². The molecular formula is C20H20N4O. The summed E-state index contributed by atoms with van der Waals surface area (Å²) in [6.45, 7) is 6.77. The Kier molecular flexibility index (Phi) is 3.64. The van der Waals surface area contributed by atoms with E-state index in [-0.39, 0.29) is 11.9 Å². The molecule has 0 atom stereocenters. The molecule has 5 heteroatoms. The van der Waals surface area contributed by atoms with Crippen molar-refractivity contribution in [1.29, 1.82) is 0 Å². The Morgan fingerprint density at radius 1 is 0.960 bits per heavy atom. The van der Waals surface area contributed by atoms with E-state index in [1.807, 2.05) is 65.0 Å². The monoisotopic (exact) mass is 332 g/mol. The highest BCUT2D eigenvalue weighted by atomic mass is 16.2. The van der Waals surface area contributed by atoms with Gasteiger partial charge in [-0.1, -0.05) is 41.6 Å². The fourth-order valence-electron chi connectivity index (χ4n) is 3.44. The number of fused-ring (bicyclic) bond motifs is 5. The van der Waals surface area contributed by atoms with Crippen molar-refractivity contribution in [2.45, 2.75) is 26.8 Å². The summed E-state index contributed by atoms with van der Waals surface area (Å²) in [6, 6.07) is 15.8. The lowest BCUT2D eigenvalue weighted by atomic mass is 9.95. The number of carbonyl (C=O) groups is 1. The van der Waals surface area contributed by atoms with Crippen LogP contribution < -0.4 is 4.90 Å². The highest BCUT2D eigenvalue weighted by Gasteiger charge is 2.30. The lowest BCUT2D eigenvalue weighted by molar-refractivity contribution is 0.0989. The molecule has 0 bridgehead atoms. The Bertz CT molecular complexity index is 958. The zero-order valence-corrected chi connectivity index (χ0v) is 14.6. The number of amides is 1. The molecule has 0 spiro atoms. The van der Waals surface area contributed by atoms with Gasteiger partial charge < -0.3 is 4.90 Å². The number of nitrogens with zero attached hydrogens (tertiary/aromatic N) is 4. The van der Waals surface area contributed by atoms with Crippen LogP contribution in [-0.2, 0) is 0 Å².